The van der Waals surface area contributed by atoms with E-state index in [-0.39, 0.29) is 0 Å². The van der Waals surface area contributed by atoms with E-state index in [9.17, 15) is 0 Å². The van der Waals surface area contributed by atoms with Crippen molar-refractivity contribution < 1.29 is 0 Å². The molecule has 3 rings (SSSR count). The molecular formula is C18H31N3. The molecule has 0 spiro atoms. The van der Waals surface area contributed by atoms with Crippen LogP contribution >= 0.6 is 0 Å². The molecule has 2 aliphatic carbocycles. The molecule has 2 aliphatic rings. The zero-order chi connectivity index (χ0) is 14.7. The average molecular weight is 289 g/mol. The van der Waals surface area contributed by atoms with Crippen LogP contribution in [0.2, 0.25) is 0 Å². The lowest BCUT2D eigenvalue weighted by atomic mass is 9.84. The summed E-state index contributed by atoms with van der Waals surface area (Å²) in [5.41, 5.74) is 1.15. The molecule has 3 heteroatoms. The maximum Gasteiger partial charge on any atom is 0.203 e. The first-order chi connectivity index (χ1) is 10.2. The first-order valence-electron chi connectivity index (χ1n) is 9.06. The lowest BCUT2D eigenvalue weighted by molar-refractivity contribution is 0.323. The van der Waals surface area contributed by atoms with Gasteiger partial charge in [-0.1, -0.05) is 38.5 Å². The summed E-state index contributed by atoms with van der Waals surface area (Å²) in [6.07, 6.45) is 16.1. The second-order valence-corrected chi connectivity index (χ2v) is 7.24. The van der Waals surface area contributed by atoms with Gasteiger partial charge in [-0.25, -0.2) is 4.98 Å². The highest BCUT2D eigenvalue weighted by atomic mass is 15.2. The standard InChI is InChI=1S/C18H31N3/c1-14-13-21(17-11-7-4-8-12-17)18(19-14)20-15(2)16-9-5-3-6-10-16/h13,15-17H,3-12H2,1-2H3,(H,19,20). The Morgan fingerprint density at radius 3 is 2.33 bits per heavy atom. The van der Waals surface area contributed by atoms with Gasteiger partial charge < -0.3 is 9.88 Å². The molecule has 0 aliphatic heterocycles. The normalized spacial score (nSPS) is 23.1. The molecule has 0 radical (unpaired) electrons. The Kier molecular flexibility index (Phi) is 4.87. The van der Waals surface area contributed by atoms with Crippen LogP contribution in [0.3, 0.4) is 0 Å². The van der Waals surface area contributed by atoms with E-state index in [2.05, 4.69) is 29.9 Å². The fourth-order valence-corrected chi connectivity index (χ4v) is 4.22. The second-order valence-electron chi connectivity index (χ2n) is 7.24. The summed E-state index contributed by atoms with van der Waals surface area (Å²) >= 11 is 0. The molecule has 1 atom stereocenters. The van der Waals surface area contributed by atoms with Gasteiger partial charge in [-0.3, -0.25) is 0 Å². The van der Waals surface area contributed by atoms with Gasteiger partial charge in [0.25, 0.3) is 0 Å². The van der Waals surface area contributed by atoms with Gasteiger partial charge in [0.2, 0.25) is 5.95 Å². The largest absolute Gasteiger partial charge is 0.353 e. The van der Waals surface area contributed by atoms with Crippen molar-refractivity contribution in [3.05, 3.63) is 11.9 Å². The summed E-state index contributed by atoms with van der Waals surface area (Å²) in [6.45, 7) is 4.47. The van der Waals surface area contributed by atoms with Crippen molar-refractivity contribution in [2.75, 3.05) is 5.32 Å². The fraction of sp³-hybridized carbons (Fsp3) is 0.833. The molecular weight excluding hydrogens is 258 g/mol. The van der Waals surface area contributed by atoms with Crippen molar-refractivity contribution in [1.29, 1.82) is 0 Å². The SMILES string of the molecule is Cc1cn(C2CCCCC2)c(NC(C)C2CCCCC2)n1. The quantitative estimate of drug-likeness (QED) is 0.838. The minimum absolute atomic E-state index is 0.550. The van der Waals surface area contributed by atoms with Crippen molar-refractivity contribution in [3.8, 4) is 0 Å². The number of hydrogen-bond acceptors (Lipinski definition) is 2. The summed E-state index contributed by atoms with van der Waals surface area (Å²) < 4.78 is 2.44. The van der Waals surface area contributed by atoms with Crippen LogP contribution < -0.4 is 5.32 Å². The summed E-state index contributed by atoms with van der Waals surface area (Å²) in [7, 11) is 0. The predicted molar refractivity (Wildman–Crippen MR) is 88.7 cm³/mol. The van der Waals surface area contributed by atoms with Gasteiger partial charge >= 0.3 is 0 Å². The van der Waals surface area contributed by atoms with Gasteiger partial charge in [0.15, 0.2) is 0 Å². The minimum Gasteiger partial charge on any atom is -0.353 e. The van der Waals surface area contributed by atoms with Gasteiger partial charge in [0, 0.05) is 18.3 Å². The molecule has 0 bridgehead atoms. The van der Waals surface area contributed by atoms with Crippen molar-refractivity contribution >= 4 is 5.95 Å². The van der Waals surface area contributed by atoms with Crippen molar-refractivity contribution in [3.63, 3.8) is 0 Å². The summed E-state index contributed by atoms with van der Waals surface area (Å²) in [5.74, 6) is 1.95. The van der Waals surface area contributed by atoms with Crippen LogP contribution in [0.4, 0.5) is 5.95 Å². The Balaban J connectivity index is 1.69. The van der Waals surface area contributed by atoms with Gasteiger partial charge in [-0.2, -0.15) is 0 Å². The number of rotatable bonds is 4. The third-order valence-electron chi connectivity index (χ3n) is 5.53. The molecule has 0 saturated heterocycles. The maximum absolute atomic E-state index is 4.77. The number of imidazole rings is 1. The van der Waals surface area contributed by atoms with Crippen LogP contribution in [0, 0.1) is 12.8 Å². The van der Waals surface area contributed by atoms with Gasteiger partial charge in [-0.05, 0) is 45.4 Å². The van der Waals surface area contributed by atoms with E-state index < -0.39 is 0 Å². The number of aryl methyl sites for hydroxylation is 1. The first kappa shape index (κ1) is 14.9. The molecule has 2 fully saturated rings. The van der Waals surface area contributed by atoms with Gasteiger partial charge in [-0.15, -0.1) is 0 Å². The van der Waals surface area contributed by atoms with Gasteiger partial charge in [0.05, 0.1) is 5.69 Å². The van der Waals surface area contributed by atoms with E-state index in [1.165, 1.54) is 64.2 Å². The first-order valence-corrected chi connectivity index (χ1v) is 9.06. The minimum atomic E-state index is 0.550. The Morgan fingerprint density at radius 2 is 1.67 bits per heavy atom. The Morgan fingerprint density at radius 1 is 1.05 bits per heavy atom. The van der Waals surface area contributed by atoms with Crippen LogP contribution in [0.25, 0.3) is 0 Å². The molecule has 21 heavy (non-hydrogen) atoms. The van der Waals surface area contributed by atoms with E-state index in [1.807, 2.05) is 0 Å². The third kappa shape index (κ3) is 3.61. The predicted octanol–water partition coefficient (Wildman–Crippen LogP) is 5.08. The van der Waals surface area contributed by atoms with Crippen LogP contribution in [0.15, 0.2) is 6.20 Å². The number of aromatic nitrogens is 2. The lowest BCUT2D eigenvalue weighted by Gasteiger charge is -2.30. The van der Waals surface area contributed by atoms with Crippen molar-refractivity contribution in [1.82, 2.24) is 9.55 Å². The van der Waals surface area contributed by atoms with E-state index in [4.69, 9.17) is 4.98 Å². The van der Waals surface area contributed by atoms with E-state index >= 15 is 0 Å². The fourth-order valence-electron chi connectivity index (χ4n) is 4.22. The monoisotopic (exact) mass is 289 g/mol. The van der Waals surface area contributed by atoms with Crippen molar-refractivity contribution in [2.24, 2.45) is 5.92 Å². The molecule has 1 N–H and O–H groups in total. The molecule has 0 amide bonds. The van der Waals surface area contributed by atoms with Crippen LogP contribution in [-0.2, 0) is 0 Å². The van der Waals surface area contributed by atoms with Crippen LogP contribution in [-0.4, -0.2) is 15.6 Å². The molecule has 1 aromatic heterocycles. The number of nitrogens with one attached hydrogen (secondary N) is 1. The highest BCUT2D eigenvalue weighted by Crippen LogP contribution is 2.32. The molecule has 2 saturated carbocycles. The summed E-state index contributed by atoms with van der Waals surface area (Å²) in [5, 5.41) is 3.75. The Labute approximate surface area is 129 Å². The smallest absolute Gasteiger partial charge is 0.203 e. The molecule has 1 heterocycles. The Hall–Kier alpha value is -0.990. The summed E-state index contributed by atoms with van der Waals surface area (Å²) in [6, 6.07) is 1.22. The molecule has 1 unspecified atom stereocenters. The molecule has 0 aromatic carbocycles. The zero-order valence-corrected chi connectivity index (χ0v) is 13.8. The molecule has 1 aromatic rings. The topological polar surface area (TPSA) is 29.9 Å². The Bertz CT molecular complexity index is 439. The van der Waals surface area contributed by atoms with Gasteiger partial charge in [0.1, 0.15) is 0 Å². The van der Waals surface area contributed by atoms with Crippen LogP contribution in [0.1, 0.15) is 82.9 Å². The van der Waals surface area contributed by atoms with E-state index in [0.29, 0.717) is 12.1 Å². The number of nitrogens with zero attached hydrogens (tertiary/aromatic N) is 2. The lowest BCUT2D eigenvalue weighted by Crippen LogP contribution is -2.29. The molecule has 3 nitrogen and oxygen atoms in total. The highest BCUT2D eigenvalue weighted by Gasteiger charge is 2.23. The van der Waals surface area contributed by atoms with E-state index in [0.717, 1.165) is 17.6 Å². The zero-order valence-electron chi connectivity index (χ0n) is 13.8. The van der Waals surface area contributed by atoms with Crippen LogP contribution in [0.5, 0.6) is 0 Å². The molecule has 118 valence electrons. The van der Waals surface area contributed by atoms with E-state index in [1.54, 1.807) is 0 Å². The summed E-state index contributed by atoms with van der Waals surface area (Å²) in [4.78, 5) is 4.77. The number of hydrogen-bond donors (Lipinski definition) is 1. The number of anilines is 1. The third-order valence-corrected chi connectivity index (χ3v) is 5.53. The second kappa shape index (κ2) is 6.85. The maximum atomic E-state index is 4.77. The average Bonchev–Trinajstić information content (AvgIpc) is 2.89. The van der Waals surface area contributed by atoms with Crippen molar-refractivity contribution in [2.45, 2.75) is 90.1 Å². The highest BCUT2D eigenvalue weighted by molar-refractivity contribution is 5.31.